The van der Waals surface area contributed by atoms with Crippen molar-refractivity contribution < 1.29 is 9.59 Å². The van der Waals surface area contributed by atoms with Crippen LogP contribution in [0.3, 0.4) is 0 Å². The molecule has 2 amide bonds. The van der Waals surface area contributed by atoms with Crippen molar-refractivity contribution in [3.8, 4) is 0 Å². The van der Waals surface area contributed by atoms with E-state index in [1.165, 1.54) is 6.20 Å². The van der Waals surface area contributed by atoms with Crippen molar-refractivity contribution in [2.75, 3.05) is 18.4 Å². The summed E-state index contributed by atoms with van der Waals surface area (Å²) in [4.78, 5) is 22.4. The minimum absolute atomic E-state index is 0.0986. The number of carbonyl (C=O) groups excluding carboxylic acids is 2. The Morgan fingerprint density at radius 1 is 1.67 bits per heavy atom. The zero-order chi connectivity index (χ0) is 10.7. The number of anilines is 1. The quantitative estimate of drug-likeness (QED) is 0.575. The van der Waals surface area contributed by atoms with Crippen LogP contribution in [0.4, 0.5) is 5.00 Å². The zero-order valence-corrected chi connectivity index (χ0v) is 8.50. The van der Waals surface area contributed by atoms with E-state index in [0.717, 1.165) is 11.5 Å². The standard InChI is InChI=1S/C7H9N5O2S/c13-5-2-8-4(1-9-5)7(14)11-6-3-10-12-15-6/h3-4,8H,1-2H2,(H,9,13)(H,11,14). The number of carbonyl (C=O) groups is 2. The SMILES string of the molecule is O=C1CNC(C(=O)Nc2cnns2)CN1. The van der Waals surface area contributed by atoms with Gasteiger partial charge in [0, 0.05) is 18.1 Å². The van der Waals surface area contributed by atoms with Gasteiger partial charge in [-0.1, -0.05) is 4.49 Å². The molecule has 1 aromatic heterocycles. The molecule has 8 heteroatoms. The van der Waals surface area contributed by atoms with Gasteiger partial charge < -0.3 is 10.6 Å². The second-order valence-electron chi connectivity index (χ2n) is 3.01. The molecule has 1 atom stereocenters. The second kappa shape index (κ2) is 4.32. The summed E-state index contributed by atoms with van der Waals surface area (Å²) in [6, 6.07) is -0.398. The van der Waals surface area contributed by atoms with E-state index >= 15 is 0 Å². The first-order chi connectivity index (χ1) is 7.25. The molecule has 3 N–H and O–H groups in total. The molecule has 0 spiro atoms. The summed E-state index contributed by atoms with van der Waals surface area (Å²) < 4.78 is 3.62. The van der Waals surface area contributed by atoms with Gasteiger partial charge in [-0.2, -0.15) is 0 Å². The Morgan fingerprint density at radius 2 is 2.53 bits per heavy atom. The fraction of sp³-hybridized carbons (Fsp3) is 0.429. The lowest BCUT2D eigenvalue weighted by Crippen LogP contribution is -2.56. The third-order valence-electron chi connectivity index (χ3n) is 1.94. The summed E-state index contributed by atoms with van der Waals surface area (Å²) in [6.45, 7) is 0.468. The molecule has 1 fully saturated rings. The van der Waals surface area contributed by atoms with Crippen molar-refractivity contribution in [1.82, 2.24) is 20.2 Å². The highest BCUT2D eigenvalue weighted by Gasteiger charge is 2.23. The summed E-state index contributed by atoms with van der Waals surface area (Å²) in [6.07, 6.45) is 1.48. The van der Waals surface area contributed by atoms with E-state index in [9.17, 15) is 9.59 Å². The number of hydrogen-bond donors (Lipinski definition) is 3. The molecule has 1 saturated heterocycles. The first-order valence-corrected chi connectivity index (χ1v) is 5.11. The summed E-state index contributed by atoms with van der Waals surface area (Å²) in [5, 5.41) is 12.3. The van der Waals surface area contributed by atoms with Crippen LogP contribution >= 0.6 is 11.5 Å². The molecule has 2 heterocycles. The third-order valence-corrected chi connectivity index (χ3v) is 2.52. The van der Waals surface area contributed by atoms with E-state index in [1.807, 2.05) is 0 Å². The number of piperazine rings is 1. The highest BCUT2D eigenvalue weighted by molar-refractivity contribution is 7.10. The molecule has 0 saturated carbocycles. The number of hydrogen-bond acceptors (Lipinski definition) is 6. The smallest absolute Gasteiger partial charge is 0.244 e. The normalized spacial score (nSPS) is 20.8. The monoisotopic (exact) mass is 227 g/mol. The van der Waals surface area contributed by atoms with Crippen molar-refractivity contribution in [2.24, 2.45) is 0 Å². The molecule has 1 aromatic rings. The summed E-state index contributed by atoms with van der Waals surface area (Å²) in [5.41, 5.74) is 0. The Labute approximate surface area is 89.4 Å². The molecular formula is C7H9N5O2S. The second-order valence-corrected chi connectivity index (χ2v) is 3.79. The predicted molar refractivity (Wildman–Crippen MR) is 53.3 cm³/mol. The molecule has 7 nitrogen and oxygen atoms in total. The van der Waals surface area contributed by atoms with Gasteiger partial charge in [-0.15, -0.1) is 5.10 Å². The Kier molecular flexibility index (Phi) is 2.88. The van der Waals surface area contributed by atoms with E-state index in [2.05, 4.69) is 25.5 Å². The van der Waals surface area contributed by atoms with Crippen LogP contribution < -0.4 is 16.0 Å². The van der Waals surface area contributed by atoms with Crippen LogP contribution in [0.5, 0.6) is 0 Å². The number of nitrogens with one attached hydrogen (secondary N) is 3. The minimum Gasteiger partial charge on any atom is -0.353 e. The Morgan fingerprint density at radius 3 is 3.13 bits per heavy atom. The first-order valence-electron chi connectivity index (χ1n) is 4.34. The van der Waals surface area contributed by atoms with Gasteiger partial charge in [0.2, 0.25) is 11.8 Å². The molecule has 0 aliphatic carbocycles. The molecule has 0 bridgehead atoms. The molecule has 0 radical (unpaired) electrons. The summed E-state index contributed by atoms with van der Waals surface area (Å²) in [7, 11) is 0. The zero-order valence-electron chi connectivity index (χ0n) is 7.69. The van der Waals surface area contributed by atoms with Crippen molar-refractivity contribution in [3.63, 3.8) is 0 Å². The first kappa shape index (κ1) is 9.99. The minimum atomic E-state index is -0.398. The van der Waals surface area contributed by atoms with Crippen LogP contribution in [0, 0.1) is 0 Å². The average molecular weight is 227 g/mol. The number of nitrogens with zero attached hydrogens (tertiary/aromatic N) is 2. The third kappa shape index (κ3) is 2.48. The van der Waals surface area contributed by atoms with E-state index < -0.39 is 6.04 Å². The molecule has 80 valence electrons. The van der Waals surface area contributed by atoms with Gasteiger partial charge in [-0.05, 0) is 0 Å². The maximum absolute atomic E-state index is 11.6. The Balaban J connectivity index is 1.89. The lowest BCUT2D eigenvalue weighted by atomic mass is 10.2. The number of rotatable bonds is 2. The van der Waals surface area contributed by atoms with Crippen LogP contribution in [0.15, 0.2) is 6.20 Å². The molecule has 1 aliphatic heterocycles. The predicted octanol–water partition coefficient (Wildman–Crippen LogP) is -1.44. The van der Waals surface area contributed by atoms with E-state index in [4.69, 9.17) is 0 Å². The number of amides is 2. The van der Waals surface area contributed by atoms with Crippen molar-refractivity contribution in [2.45, 2.75) is 6.04 Å². The maximum Gasteiger partial charge on any atom is 0.244 e. The Bertz CT molecular complexity index is 355. The van der Waals surface area contributed by atoms with Gasteiger partial charge in [0.05, 0.1) is 12.7 Å². The van der Waals surface area contributed by atoms with Gasteiger partial charge in [0.15, 0.2) is 0 Å². The van der Waals surface area contributed by atoms with Crippen molar-refractivity contribution in [1.29, 1.82) is 0 Å². The summed E-state index contributed by atoms with van der Waals surface area (Å²) in [5.74, 6) is -0.292. The summed E-state index contributed by atoms with van der Waals surface area (Å²) >= 11 is 1.11. The average Bonchev–Trinajstić information content (AvgIpc) is 2.71. The maximum atomic E-state index is 11.6. The molecule has 0 aromatic carbocycles. The lowest BCUT2D eigenvalue weighted by Gasteiger charge is -2.22. The fourth-order valence-electron chi connectivity index (χ4n) is 1.18. The Hall–Kier alpha value is -1.54. The highest BCUT2D eigenvalue weighted by Crippen LogP contribution is 2.09. The van der Waals surface area contributed by atoms with E-state index in [0.29, 0.717) is 11.5 Å². The molecular weight excluding hydrogens is 218 g/mol. The molecule has 1 aliphatic rings. The van der Waals surface area contributed by atoms with Crippen molar-refractivity contribution >= 4 is 28.3 Å². The topological polar surface area (TPSA) is 96.0 Å². The lowest BCUT2D eigenvalue weighted by molar-refractivity contribution is -0.124. The highest BCUT2D eigenvalue weighted by atomic mass is 32.1. The van der Waals surface area contributed by atoms with Crippen LogP contribution in [-0.4, -0.2) is 40.5 Å². The largest absolute Gasteiger partial charge is 0.353 e. The van der Waals surface area contributed by atoms with Gasteiger partial charge >= 0.3 is 0 Å². The van der Waals surface area contributed by atoms with E-state index in [1.54, 1.807) is 0 Å². The van der Waals surface area contributed by atoms with Gasteiger partial charge in [0.1, 0.15) is 11.0 Å². The van der Waals surface area contributed by atoms with E-state index in [-0.39, 0.29) is 18.4 Å². The molecule has 15 heavy (non-hydrogen) atoms. The van der Waals surface area contributed by atoms with Crippen LogP contribution in [0.2, 0.25) is 0 Å². The van der Waals surface area contributed by atoms with Gasteiger partial charge in [-0.3, -0.25) is 14.9 Å². The van der Waals surface area contributed by atoms with Gasteiger partial charge in [-0.25, -0.2) is 0 Å². The molecule has 1 unspecified atom stereocenters. The molecule has 2 rings (SSSR count). The van der Waals surface area contributed by atoms with Crippen LogP contribution in [-0.2, 0) is 9.59 Å². The fourth-order valence-corrected chi connectivity index (χ4v) is 1.61. The van der Waals surface area contributed by atoms with Crippen LogP contribution in [0.25, 0.3) is 0 Å². The van der Waals surface area contributed by atoms with Crippen LogP contribution in [0.1, 0.15) is 0 Å². The number of aromatic nitrogens is 2. The van der Waals surface area contributed by atoms with Gasteiger partial charge in [0.25, 0.3) is 0 Å². The van der Waals surface area contributed by atoms with Crippen molar-refractivity contribution in [3.05, 3.63) is 6.20 Å².